The average Bonchev–Trinajstić information content (AvgIpc) is 3.09. The van der Waals surface area contributed by atoms with Crippen molar-refractivity contribution in [1.29, 1.82) is 0 Å². The highest BCUT2D eigenvalue weighted by molar-refractivity contribution is 5.95. The van der Waals surface area contributed by atoms with Gasteiger partial charge in [-0.15, -0.1) is 0 Å². The number of hydrogen-bond donors (Lipinski definition) is 1. The van der Waals surface area contributed by atoms with Gasteiger partial charge in [0, 0.05) is 11.1 Å². The van der Waals surface area contributed by atoms with Crippen LogP contribution in [0, 0.1) is 0 Å². The molecule has 1 aliphatic rings. The number of rotatable bonds is 4. The number of hydrogen-bond acceptors (Lipinski definition) is 5. The van der Waals surface area contributed by atoms with Crippen LogP contribution >= 0.6 is 0 Å². The molecule has 1 amide bonds. The normalized spacial score (nSPS) is 13.1. The van der Waals surface area contributed by atoms with E-state index in [2.05, 4.69) is 10.5 Å². The van der Waals surface area contributed by atoms with E-state index in [0.717, 1.165) is 18.2 Å². The summed E-state index contributed by atoms with van der Waals surface area (Å²) in [5.41, 5.74) is 1.67. The Morgan fingerprint density at radius 1 is 1.27 bits per heavy atom. The third-order valence-corrected chi connectivity index (χ3v) is 3.51. The maximum Gasteiger partial charge on any atom is 0.416 e. The van der Waals surface area contributed by atoms with E-state index in [0.29, 0.717) is 22.8 Å². The number of carbonyl (C=O) groups is 1. The van der Waals surface area contributed by atoms with Gasteiger partial charge in [0.15, 0.2) is 11.5 Å². The van der Waals surface area contributed by atoms with E-state index in [1.54, 1.807) is 12.1 Å². The number of carbonyl (C=O) groups excluding carboxylic acids is 1. The average molecular weight is 366 g/mol. The van der Waals surface area contributed by atoms with Gasteiger partial charge in [0.1, 0.15) is 0 Å². The van der Waals surface area contributed by atoms with Crippen molar-refractivity contribution < 1.29 is 32.2 Å². The molecule has 0 unspecified atom stereocenters. The van der Waals surface area contributed by atoms with Crippen LogP contribution < -0.4 is 19.6 Å². The second-order valence-electron chi connectivity index (χ2n) is 5.23. The molecule has 6 nitrogen and oxygen atoms in total. The van der Waals surface area contributed by atoms with E-state index >= 15 is 0 Å². The molecule has 0 atom stereocenters. The molecule has 3 rings (SSSR count). The summed E-state index contributed by atoms with van der Waals surface area (Å²) in [4.78, 5) is 12.0. The van der Waals surface area contributed by atoms with Crippen LogP contribution in [0.15, 0.2) is 41.5 Å². The number of amides is 1. The van der Waals surface area contributed by atoms with Crippen LogP contribution in [0.2, 0.25) is 0 Å². The molecule has 2 aromatic carbocycles. The first-order valence-electron chi connectivity index (χ1n) is 7.37. The zero-order chi connectivity index (χ0) is 18.7. The first-order valence-corrected chi connectivity index (χ1v) is 7.37. The van der Waals surface area contributed by atoms with Gasteiger partial charge in [0.25, 0.3) is 5.91 Å². The minimum absolute atomic E-state index is 0.0680. The van der Waals surface area contributed by atoms with Gasteiger partial charge in [-0.1, -0.05) is 6.07 Å². The highest BCUT2D eigenvalue weighted by Crippen LogP contribution is 2.41. The van der Waals surface area contributed by atoms with E-state index in [4.69, 9.17) is 14.2 Å². The maximum absolute atomic E-state index is 12.7. The van der Waals surface area contributed by atoms with E-state index < -0.39 is 17.6 Å². The fourth-order valence-electron chi connectivity index (χ4n) is 2.29. The molecular formula is C17H13F3N2O4. The molecule has 0 aliphatic carbocycles. The number of nitrogens with one attached hydrogen (secondary N) is 1. The molecule has 0 aromatic heterocycles. The number of fused-ring (bicyclic) bond motifs is 1. The van der Waals surface area contributed by atoms with E-state index in [1.165, 1.54) is 19.4 Å². The first kappa shape index (κ1) is 17.6. The Balaban J connectivity index is 1.72. The molecule has 0 spiro atoms. The molecule has 0 bridgehead atoms. The molecule has 136 valence electrons. The Bertz CT molecular complexity index is 866. The Hall–Kier alpha value is -3.23. The molecular weight excluding hydrogens is 353 g/mol. The lowest BCUT2D eigenvalue weighted by Gasteiger charge is -2.08. The first-order chi connectivity index (χ1) is 12.4. The minimum Gasteiger partial charge on any atom is -0.493 e. The molecule has 26 heavy (non-hydrogen) atoms. The number of alkyl halides is 3. The van der Waals surface area contributed by atoms with Crippen molar-refractivity contribution in [2.24, 2.45) is 5.10 Å². The van der Waals surface area contributed by atoms with Crippen molar-refractivity contribution in [2.75, 3.05) is 13.9 Å². The summed E-state index contributed by atoms with van der Waals surface area (Å²) in [6, 6.07) is 7.32. The Labute approximate surface area is 146 Å². The van der Waals surface area contributed by atoms with Crippen molar-refractivity contribution in [3.05, 3.63) is 53.1 Å². The Morgan fingerprint density at radius 2 is 2.08 bits per heavy atom. The highest BCUT2D eigenvalue weighted by Gasteiger charge is 2.30. The van der Waals surface area contributed by atoms with Crippen molar-refractivity contribution in [3.8, 4) is 17.2 Å². The van der Waals surface area contributed by atoms with Crippen LogP contribution in [-0.4, -0.2) is 26.0 Å². The fourth-order valence-corrected chi connectivity index (χ4v) is 2.29. The lowest BCUT2D eigenvalue weighted by molar-refractivity contribution is -0.137. The Morgan fingerprint density at radius 3 is 2.81 bits per heavy atom. The van der Waals surface area contributed by atoms with Crippen molar-refractivity contribution in [1.82, 2.24) is 5.43 Å². The molecule has 0 saturated carbocycles. The molecule has 1 heterocycles. The second-order valence-corrected chi connectivity index (χ2v) is 5.23. The Kier molecular flexibility index (Phi) is 4.70. The van der Waals surface area contributed by atoms with Crippen molar-refractivity contribution >= 4 is 12.1 Å². The van der Waals surface area contributed by atoms with Crippen molar-refractivity contribution in [3.63, 3.8) is 0 Å². The van der Waals surface area contributed by atoms with Gasteiger partial charge in [-0.05, 0) is 30.3 Å². The number of methoxy groups -OCH3 is 1. The molecule has 1 N–H and O–H groups in total. The summed E-state index contributed by atoms with van der Waals surface area (Å²) in [5, 5.41) is 3.75. The number of halogens is 3. The summed E-state index contributed by atoms with van der Waals surface area (Å²) < 4.78 is 53.8. The van der Waals surface area contributed by atoms with Crippen LogP contribution in [0.4, 0.5) is 13.2 Å². The zero-order valence-corrected chi connectivity index (χ0v) is 13.5. The van der Waals surface area contributed by atoms with Gasteiger partial charge < -0.3 is 14.2 Å². The summed E-state index contributed by atoms with van der Waals surface area (Å²) >= 11 is 0. The summed E-state index contributed by atoms with van der Waals surface area (Å²) in [7, 11) is 1.47. The van der Waals surface area contributed by atoms with Crippen LogP contribution in [0.5, 0.6) is 17.2 Å². The number of ether oxygens (including phenoxy) is 3. The quantitative estimate of drug-likeness (QED) is 0.666. The van der Waals surface area contributed by atoms with Crippen LogP contribution in [0.3, 0.4) is 0 Å². The summed E-state index contributed by atoms with van der Waals surface area (Å²) in [6.45, 7) is 0.0680. The predicted octanol–water partition coefficient (Wildman–Crippen LogP) is 3.21. The van der Waals surface area contributed by atoms with E-state index in [1.807, 2.05) is 0 Å². The number of hydrazone groups is 1. The number of benzene rings is 2. The third-order valence-electron chi connectivity index (χ3n) is 3.51. The van der Waals surface area contributed by atoms with Crippen LogP contribution in [0.1, 0.15) is 21.5 Å². The van der Waals surface area contributed by atoms with Crippen LogP contribution in [0.25, 0.3) is 0 Å². The zero-order valence-electron chi connectivity index (χ0n) is 13.5. The van der Waals surface area contributed by atoms with Gasteiger partial charge in [-0.3, -0.25) is 4.79 Å². The largest absolute Gasteiger partial charge is 0.493 e. The lowest BCUT2D eigenvalue weighted by atomic mass is 10.1. The predicted molar refractivity (Wildman–Crippen MR) is 85.6 cm³/mol. The fraction of sp³-hybridized carbons (Fsp3) is 0.176. The number of nitrogens with zero attached hydrogens (tertiary/aromatic N) is 1. The molecule has 0 saturated heterocycles. The van der Waals surface area contributed by atoms with Gasteiger partial charge in [0.2, 0.25) is 12.5 Å². The molecule has 1 aliphatic heterocycles. The smallest absolute Gasteiger partial charge is 0.416 e. The van der Waals surface area contributed by atoms with E-state index in [9.17, 15) is 18.0 Å². The lowest BCUT2D eigenvalue weighted by Crippen LogP contribution is -2.18. The van der Waals surface area contributed by atoms with Gasteiger partial charge in [-0.2, -0.15) is 18.3 Å². The van der Waals surface area contributed by atoms with Crippen LogP contribution in [-0.2, 0) is 6.18 Å². The van der Waals surface area contributed by atoms with Gasteiger partial charge >= 0.3 is 6.18 Å². The summed E-state index contributed by atoms with van der Waals surface area (Å²) in [5.74, 6) is 0.610. The second kappa shape index (κ2) is 6.95. The molecule has 0 fully saturated rings. The highest BCUT2D eigenvalue weighted by atomic mass is 19.4. The van der Waals surface area contributed by atoms with Gasteiger partial charge in [0.05, 0.1) is 18.9 Å². The monoisotopic (exact) mass is 366 g/mol. The van der Waals surface area contributed by atoms with Gasteiger partial charge in [-0.25, -0.2) is 5.43 Å². The standard InChI is InChI=1S/C17H13F3N2O4/c1-24-13-5-10(6-14-15(13)26-9-25-14)8-21-22-16(23)11-3-2-4-12(7-11)17(18,19)20/h2-8H,9H2,1H3,(H,22,23)/b21-8-. The molecule has 9 heteroatoms. The van der Waals surface area contributed by atoms with E-state index in [-0.39, 0.29) is 12.4 Å². The topological polar surface area (TPSA) is 69.2 Å². The molecule has 2 aromatic rings. The minimum atomic E-state index is -4.53. The molecule has 0 radical (unpaired) electrons. The SMILES string of the molecule is COc1cc(/C=N\NC(=O)c2cccc(C(F)(F)F)c2)cc2c1OCO2. The maximum atomic E-state index is 12.7. The third kappa shape index (κ3) is 3.71. The van der Waals surface area contributed by atoms with Crippen molar-refractivity contribution in [2.45, 2.75) is 6.18 Å². The summed E-state index contributed by atoms with van der Waals surface area (Å²) in [6.07, 6.45) is -3.21.